The van der Waals surface area contributed by atoms with Gasteiger partial charge < -0.3 is 15.0 Å². The van der Waals surface area contributed by atoms with E-state index in [1.54, 1.807) is 5.01 Å². The standard InChI is InChI=1S/C15H16F2N4O3/c1-7-6-20(2-3-21(7)18)13-10(16)4-8-12(11(13)17)19-5-9(14(8)22)15(23)24/h4-5,7H,2-3,6,18H2,1H3,(H,19,22)(H,23,24). The van der Waals surface area contributed by atoms with Gasteiger partial charge in [-0.15, -0.1) is 0 Å². The Labute approximate surface area is 135 Å². The fourth-order valence-corrected chi connectivity index (χ4v) is 2.91. The van der Waals surface area contributed by atoms with Crippen molar-refractivity contribution in [2.24, 2.45) is 5.84 Å². The number of pyridine rings is 1. The summed E-state index contributed by atoms with van der Waals surface area (Å²) in [6.07, 6.45) is 0.915. The Morgan fingerprint density at radius 2 is 2.12 bits per heavy atom. The number of aromatic nitrogens is 1. The summed E-state index contributed by atoms with van der Waals surface area (Å²) in [7, 11) is 0. The lowest BCUT2D eigenvalue weighted by Gasteiger charge is -2.38. The van der Waals surface area contributed by atoms with Crippen molar-refractivity contribution in [3.8, 4) is 0 Å². The van der Waals surface area contributed by atoms with Crippen molar-refractivity contribution >= 4 is 22.6 Å². The van der Waals surface area contributed by atoms with Gasteiger partial charge in [-0.25, -0.2) is 18.6 Å². The van der Waals surface area contributed by atoms with E-state index in [4.69, 9.17) is 10.9 Å². The first-order valence-corrected chi connectivity index (χ1v) is 7.34. The molecular weight excluding hydrogens is 322 g/mol. The second kappa shape index (κ2) is 5.84. The molecule has 1 aromatic carbocycles. The van der Waals surface area contributed by atoms with Crippen molar-refractivity contribution in [2.45, 2.75) is 13.0 Å². The van der Waals surface area contributed by atoms with E-state index in [0.717, 1.165) is 12.3 Å². The van der Waals surface area contributed by atoms with Crippen molar-refractivity contribution in [2.75, 3.05) is 24.5 Å². The zero-order valence-corrected chi connectivity index (χ0v) is 12.8. The van der Waals surface area contributed by atoms with Gasteiger partial charge in [0.05, 0.1) is 10.9 Å². The minimum Gasteiger partial charge on any atom is -0.477 e. The summed E-state index contributed by atoms with van der Waals surface area (Å²) < 4.78 is 29.3. The summed E-state index contributed by atoms with van der Waals surface area (Å²) in [5, 5.41) is 10.2. The van der Waals surface area contributed by atoms with E-state index in [9.17, 15) is 18.4 Å². The van der Waals surface area contributed by atoms with Crippen LogP contribution in [0, 0.1) is 11.6 Å². The fourth-order valence-electron chi connectivity index (χ4n) is 2.91. The Morgan fingerprint density at radius 3 is 2.75 bits per heavy atom. The number of carboxylic acid groups (broad SMARTS) is 1. The number of fused-ring (bicyclic) bond motifs is 1. The second-order valence-corrected chi connectivity index (χ2v) is 5.81. The largest absolute Gasteiger partial charge is 0.477 e. The van der Waals surface area contributed by atoms with Gasteiger partial charge in [0, 0.05) is 31.9 Å². The molecule has 0 saturated carbocycles. The Hall–Kier alpha value is -2.52. The van der Waals surface area contributed by atoms with E-state index < -0.39 is 28.6 Å². The van der Waals surface area contributed by atoms with Gasteiger partial charge in [-0.1, -0.05) is 0 Å². The number of rotatable bonds is 2. The molecule has 2 heterocycles. The van der Waals surface area contributed by atoms with Crippen LogP contribution in [0.25, 0.3) is 10.9 Å². The third-order valence-corrected chi connectivity index (χ3v) is 4.27. The third-order valence-electron chi connectivity index (χ3n) is 4.27. The molecule has 0 radical (unpaired) electrons. The van der Waals surface area contributed by atoms with Gasteiger partial charge in [0.15, 0.2) is 5.82 Å². The lowest BCUT2D eigenvalue weighted by molar-refractivity contribution is 0.0695. The lowest BCUT2D eigenvalue weighted by atomic mass is 10.1. The van der Waals surface area contributed by atoms with E-state index in [0.29, 0.717) is 19.6 Å². The summed E-state index contributed by atoms with van der Waals surface area (Å²) >= 11 is 0. The molecule has 128 valence electrons. The summed E-state index contributed by atoms with van der Waals surface area (Å²) in [5.41, 5.74) is -1.97. The highest BCUT2D eigenvalue weighted by molar-refractivity contribution is 5.93. The van der Waals surface area contributed by atoms with Crippen LogP contribution in [0.1, 0.15) is 17.3 Å². The van der Waals surface area contributed by atoms with Crippen LogP contribution in [0.3, 0.4) is 0 Å². The molecule has 1 aliphatic rings. The molecule has 1 unspecified atom stereocenters. The first kappa shape index (κ1) is 16.3. The summed E-state index contributed by atoms with van der Waals surface area (Å²) in [4.78, 5) is 27.1. The normalized spacial score (nSPS) is 19.0. The van der Waals surface area contributed by atoms with Crippen molar-refractivity contribution < 1.29 is 18.7 Å². The first-order valence-electron chi connectivity index (χ1n) is 7.34. The highest BCUT2D eigenvalue weighted by atomic mass is 19.1. The fraction of sp³-hybridized carbons (Fsp3) is 0.333. The van der Waals surface area contributed by atoms with Gasteiger partial charge in [0.25, 0.3) is 0 Å². The number of benzene rings is 1. The van der Waals surface area contributed by atoms with E-state index in [-0.39, 0.29) is 22.6 Å². The SMILES string of the molecule is CC1CN(c2c(F)cc3c(=O)c(C(=O)O)c[nH]c3c2F)CCN1N. The average Bonchev–Trinajstić information content (AvgIpc) is 2.51. The Bertz CT molecular complexity index is 883. The quantitative estimate of drug-likeness (QED) is 0.703. The number of carboxylic acids is 1. The van der Waals surface area contributed by atoms with Crippen LogP contribution in [0.4, 0.5) is 14.5 Å². The predicted molar refractivity (Wildman–Crippen MR) is 84.0 cm³/mol. The van der Waals surface area contributed by atoms with E-state index >= 15 is 0 Å². The lowest BCUT2D eigenvalue weighted by Crippen LogP contribution is -2.55. The average molecular weight is 338 g/mol. The summed E-state index contributed by atoms with van der Waals surface area (Å²) in [6.45, 7) is 2.93. The van der Waals surface area contributed by atoms with Crippen LogP contribution in [-0.4, -0.2) is 46.7 Å². The molecule has 1 atom stereocenters. The highest BCUT2D eigenvalue weighted by Crippen LogP contribution is 2.30. The summed E-state index contributed by atoms with van der Waals surface area (Å²) in [6, 6.07) is 0.778. The number of aromatic carboxylic acids is 1. The maximum Gasteiger partial charge on any atom is 0.341 e. The molecule has 4 N–H and O–H groups in total. The zero-order valence-electron chi connectivity index (χ0n) is 12.8. The molecule has 7 nitrogen and oxygen atoms in total. The third kappa shape index (κ3) is 2.51. The Morgan fingerprint density at radius 1 is 1.42 bits per heavy atom. The van der Waals surface area contributed by atoms with Gasteiger partial charge in [0.1, 0.15) is 17.1 Å². The van der Waals surface area contributed by atoms with Crippen molar-refractivity contribution in [3.05, 3.63) is 39.7 Å². The predicted octanol–water partition coefficient (Wildman–Crippen LogP) is 0.889. The number of hydrogen-bond donors (Lipinski definition) is 3. The molecule has 2 aromatic rings. The number of H-pyrrole nitrogens is 1. The number of hydrogen-bond acceptors (Lipinski definition) is 5. The monoisotopic (exact) mass is 338 g/mol. The van der Waals surface area contributed by atoms with Crippen LogP contribution < -0.4 is 16.2 Å². The topological polar surface area (TPSA) is 103 Å². The molecule has 1 fully saturated rings. The molecule has 9 heteroatoms. The number of aromatic amines is 1. The number of anilines is 1. The molecule has 1 aliphatic heterocycles. The summed E-state index contributed by atoms with van der Waals surface area (Å²) in [5.74, 6) is 2.47. The zero-order chi connectivity index (χ0) is 17.6. The van der Waals surface area contributed by atoms with Gasteiger partial charge in [-0.05, 0) is 13.0 Å². The molecule has 1 saturated heterocycles. The minimum absolute atomic E-state index is 0.0957. The number of halogens is 2. The second-order valence-electron chi connectivity index (χ2n) is 5.81. The number of nitrogens with one attached hydrogen (secondary N) is 1. The molecular formula is C15H16F2N4O3. The number of nitrogens with two attached hydrogens (primary N) is 1. The Kier molecular flexibility index (Phi) is 3.98. The van der Waals surface area contributed by atoms with Crippen LogP contribution in [0.2, 0.25) is 0 Å². The van der Waals surface area contributed by atoms with Crippen LogP contribution >= 0.6 is 0 Å². The van der Waals surface area contributed by atoms with Crippen molar-refractivity contribution in [1.82, 2.24) is 9.99 Å². The van der Waals surface area contributed by atoms with Gasteiger partial charge in [0.2, 0.25) is 5.43 Å². The molecule has 0 aliphatic carbocycles. The number of hydrazine groups is 1. The molecule has 3 rings (SSSR count). The maximum atomic E-state index is 14.8. The van der Waals surface area contributed by atoms with Crippen molar-refractivity contribution in [1.29, 1.82) is 0 Å². The molecule has 0 bridgehead atoms. The van der Waals surface area contributed by atoms with Gasteiger partial charge >= 0.3 is 5.97 Å². The van der Waals surface area contributed by atoms with E-state index in [1.807, 2.05) is 6.92 Å². The number of piperazine rings is 1. The van der Waals surface area contributed by atoms with Crippen molar-refractivity contribution in [3.63, 3.8) is 0 Å². The minimum atomic E-state index is -1.46. The van der Waals surface area contributed by atoms with Gasteiger partial charge in [-0.3, -0.25) is 10.6 Å². The maximum absolute atomic E-state index is 14.8. The van der Waals surface area contributed by atoms with Crippen LogP contribution in [-0.2, 0) is 0 Å². The molecule has 0 amide bonds. The first-order chi connectivity index (χ1) is 11.3. The molecule has 0 spiro atoms. The van der Waals surface area contributed by atoms with E-state index in [1.165, 1.54) is 4.90 Å². The Balaban J connectivity index is 2.16. The van der Waals surface area contributed by atoms with E-state index in [2.05, 4.69) is 4.98 Å². The number of nitrogens with zero attached hydrogens (tertiary/aromatic N) is 2. The molecule has 1 aromatic heterocycles. The van der Waals surface area contributed by atoms with Crippen LogP contribution in [0.15, 0.2) is 17.1 Å². The number of carbonyl (C=O) groups is 1. The highest BCUT2D eigenvalue weighted by Gasteiger charge is 2.28. The smallest absolute Gasteiger partial charge is 0.341 e. The molecule has 24 heavy (non-hydrogen) atoms. The van der Waals surface area contributed by atoms with Crippen LogP contribution in [0.5, 0.6) is 0 Å². The van der Waals surface area contributed by atoms with Gasteiger partial charge in [-0.2, -0.15) is 0 Å².